The molecule has 2 aromatic rings. The van der Waals surface area contributed by atoms with Crippen LogP contribution in [0.15, 0.2) is 18.2 Å². The second-order valence-electron chi connectivity index (χ2n) is 5.52. The van der Waals surface area contributed by atoms with Crippen LogP contribution < -0.4 is 10.6 Å². The van der Waals surface area contributed by atoms with Crippen molar-refractivity contribution in [1.29, 1.82) is 0 Å². The predicted octanol–water partition coefficient (Wildman–Crippen LogP) is 2.91. The van der Waals surface area contributed by atoms with Crippen LogP contribution in [0.2, 0.25) is 0 Å². The Morgan fingerprint density at radius 3 is 2.90 bits per heavy atom. The van der Waals surface area contributed by atoms with Crippen molar-refractivity contribution in [3.63, 3.8) is 0 Å². The van der Waals surface area contributed by atoms with E-state index in [0.717, 1.165) is 41.4 Å². The lowest BCUT2D eigenvalue weighted by molar-refractivity contribution is -0.116. The molecule has 5 heteroatoms. The topological polar surface area (TPSA) is 69.8 Å². The van der Waals surface area contributed by atoms with Gasteiger partial charge in [0.15, 0.2) is 0 Å². The SMILES string of the molecule is Cc1nc(CNc2ccc3c(c2)CCCC(=O)N3)[nH]c1C. The summed E-state index contributed by atoms with van der Waals surface area (Å²) in [6, 6.07) is 6.08. The van der Waals surface area contributed by atoms with E-state index in [2.05, 4.69) is 26.7 Å². The van der Waals surface area contributed by atoms with Crippen molar-refractivity contribution in [3.05, 3.63) is 41.0 Å². The second-order valence-corrected chi connectivity index (χ2v) is 5.52. The van der Waals surface area contributed by atoms with Crippen molar-refractivity contribution >= 4 is 17.3 Å². The van der Waals surface area contributed by atoms with Crippen LogP contribution >= 0.6 is 0 Å². The summed E-state index contributed by atoms with van der Waals surface area (Å²) in [5.74, 6) is 1.05. The highest BCUT2D eigenvalue weighted by molar-refractivity contribution is 5.92. The van der Waals surface area contributed by atoms with Gasteiger partial charge in [0.1, 0.15) is 5.82 Å². The maximum Gasteiger partial charge on any atom is 0.224 e. The molecule has 0 radical (unpaired) electrons. The smallest absolute Gasteiger partial charge is 0.224 e. The minimum absolute atomic E-state index is 0.107. The minimum atomic E-state index is 0.107. The van der Waals surface area contributed by atoms with Crippen LogP contribution in [0.4, 0.5) is 11.4 Å². The molecule has 3 rings (SSSR count). The van der Waals surface area contributed by atoms with E-state index >= 15 is 0 Å². The average molecular weight is 284 g/mol. The Bertz CT molecular complexity index is 655. The molecule has 0 fully saturated rings. The molecule has 1 amide bonds. The zero-order valence-corrected chi connectivity index (χ0v) is 12.4. The highest BCUT2D eigenvalue weighted by Gasteiger charge is 2.13. The first-order valence-corrected chi connectivity index (χ1v) is 7.30. The number of rotatable bonds is 3. The summed E-state index contributed by atoms with van der Waals surface area (Å²) in [5, 5.41) is 6.33. The number of nitrogens with zero attached hydrogens (tertiary/aromatic N) is 1. The van der Waals surface area contributed by atoms with Gasteiger partial charge in [0.2, 0.25) is 5.91 Å². The maximum absolute atomic E-state index is 11.5. The third kappa shape index (κ3) is 3.07. The van der Waals surface area contributed by atoms with Crippen molar-refractivity contribution in [2.45, 2.75) is 39.7 Å². The second kappa shape index (κ2) is 5.60. The summed E-state index contributed by atoms with van der Waals surface area (Å²) >= 11 is 0. The molecule has 0 aliphatic carbocycles. The van der Waals surface area contributed by atoms with Crippen LogP contribution in [0.1, 0.15) is 35.6 Å². The fraction of sp³-hybridized carbons (Fsp3) is 0.375. The fourth-order valence-electron chi connectivity index (χ4n) is 2.58. The molecule has 3 N–H and O–H groups in total. The molecule has 1 aromatic heterocycles. The van der Waals surface area contributed by atoms with E-state index in [4.69, 9.17) is 0 Å². The molecule has 110 valence electrons. The number of anilines is 2. The van der Waals surface area contributed by atoms with Crippen LogP contribution in [0.25, 0.3) is 0 Å². The number of benzene rings is 1. The van der Waals surface area contributed by atoms with E-state index in [1.165, 1.54) is 5.56 Å². The number of fused-ring (bicyclic) bond motifs is 1. The molecule has 21 heavy (non-hydrogen) atoms. The van der Waals surface area contributed by atoms with Gasteiger partial charge in [-0.1, -0.05) is 0 Å². The third-order valence-electron chi connectivity index (χ3n) is 3.87. The number of nitrogens with one attached hydrogen (secondary N) is 3. The first kappa shape index (κ1) is 13.7. The predicted molar refractivity (Wildman–Crippen MR) is 83.4 cm³/mol. The lowest BCUT2D eigenvalue weighted by Gasteiger charge is -2.10. The molecule has 1 aromatic carbocycles. The van der Waals surface area contributed by atoms with E-state index in [1.807, 2.05) is 26.0 Å². The largest absolute Gasteiger partial charge is 0.378 e. The fourth-order valence-corrected chi connectivity index (χ4v) is 2.58. The standard InChI is InChI=1S/C16H20N4O/c1-10-11(2)19-15(18-10)9-17-13-6-7-14-12(8-13)4-3-5-16(21)20-14/h6-8,17H,3-5,9H2,1-2H3,(H,18,19)(H,20,21). The first-order valence-electron chi connectivity index (χ1n) is 7.30. The van der Waals surface area contributed by atoms with Crippen molar-refractivity contribution < 1.29 is 4.79 Å². The zero-order chi connectivity index (χ0) is 14.8. The van der Waals surface area contributed by atoms with Gasteiger partial charge in [0.05, 0.1) is 12.2 Å². The van der Waals surface area contributed by atoms with Crippen LogP contribution in [-0.4, -0.2) is 15.9 Å². The first-order chi connectivity index (χ1) is 10.1. The Labute approximate surface area is 124 Å². The van der Waals surface area contributed by atoms with E-state index in [9.17, 15) is 4.79 Å². The van der Waals surface area contributed by atoms with Crippen molar-refractivity contribution in [2.24, 2.45) is 0 Å². The van der Waals surface area contributed by atoms with E-state index in [0.29, 0.717) is 13.0 Å². The lowest BCUT2D eigenvalue weighted by Crippen LogP contribution is -2.09. The molecule has 1 aliphatic rings. The summed E-state index contributed by atoms with van der Waals surface area (Å²) < 4.78 is 0. The number of carbonyl (C=O) groups is 1. The molecule has 5 nitrogen and oxygen atoms in total. The molecule has 0 unspecified atom stereocenters. The van der Waals surface area contributed by atoms with Crippen molar-refractivity contribution in [1.82, 2.24) is 9.97 Å². The molecular formula is C16H20N4O. The Balaban J connectivity index is 1.72. The molecule has 1 aliphatic heterocycles. The highest BCUT2D eigenvalue weighted by atomic mass is 16.1. The van der Waals surface area contributed by atoms with Gasteiger partial charge in [0.25, 0.3) is 0 Å². The van der Waals surface area contributed by atoms with Crippen LogP contribution in [0, 0.1) is 13.8 Å². The van der Waals surface area contributed by atoms with Crippen molar-refractivity contribution in [2.75, 3.05) is 10.6 Å². The van der Waals surface area contributed by atoms with Gasteiger partial charge >= 0.3 is 0 Å². The molecule has 0 bridgehead atoms. The molecule has 0 saturated heterocycles. The molecule has 0 atom stereocenters. The quantitative estimate of drug-likeness (QED) is 0.811. The Hall–Kier alpha value is -2.30. The van der Waals surface area contributed by atoms with E-state index < -0.39 is 0 Å². The van der Waals surface area contributed by atoms with Gasteiger partial charge in [-0.15, -0.1) is 0 Å². The van der Waals surface area contributed by atoms with Crippen LogP contribution in [0.3, 0.4) is 0 Å². The Kier molecular flexibility index (Phi) is 3.64. The molecular weight excluding hydrogens is 264 g/mol. The van der Waals surface area contributed by atoms with Gasteiger partial charge in [0, 0.05) is 23.5 Å². The molecule has 0 spiro atoms. The summed E-state index contributed by atoms with van der Waals surface area (Å²) in [6.07, 6.45) is 2.43. The number of H-pyrrole nitrogens is 1. The van der Waals surface area contributed by atoms with Gasteiger partial charge in [-0.05, 0) is 50.5 Å². The Morgan fingerprint density at radius 2 is 2.14 bits per heavy atom. The van der Waals surface area contributed by atoms with Gasteiger partial charge in [-0.2, -0.15) is 0 Å². The third-order valence-corrected chi connectivity index (χ3v) is 3.87. The highest BCUT2D eigenvalue weighted by Crippen LogP contribution is 2.25. The number of hydrogen-bond donors (Lipinski definition) is 3. The average Bonchev–Trinajstić information content (AvgIpc) is 2.67. The maximum atomic E-state index is 11.5. The van der Waals surface area contributed by atoms with E-state index in [1.54, 1.807) is 0 Å². The summed E-state index contributed by atoms with van der Waals surface area (Å²) in [4.78, 5) is 19.3. The normalized spacial score (nSPS) is 14.3. The zero-order valence-electron chi connectivity index (χ0n) is 12.4. The molecule has 0 saturated carbocycles. The van der Waals surface area contributed by atoms with Crippen LogP contribution in [0.5, 0.6) is 0 Å². The number of hydrogen-bond acceptors (Lipinski definition) is 3. The summed E-state index contributed by atoms with van der Waals surface area (Å²) in [5.41, 5.74) is 5.33. The summed E-state index contributed by atoms with van der Waals surface area (Å²) in [6.45, 7) is 4.69. The molecule has 2 heterocycles. The lowest BCUT2D eigenvalue weighted by atomic mass is 10.1. The van der Waals surface area contributed by atoms with Gasteiger partial charge in [-0.3, -0.25) is 4.79 Å². The number of imidazole rings is 1. The number of carbonyl (C=O) groups excluding carboxylic acids is 1. The van der Waals surface area contributed by atoms with Gasteiger partial charge < -0.3 is 15.6 Å². The number of amides is 1. The van der Waals surface area contributed by atoms with Crippen molar-refractivity contribution in [3.8, 4) is 0 Å². The van der Waals surface area contributed by atoms with Gasteiger partial charge in [-0.25, -0.2) is 4.98 Å². The monoisotopic (exact) mass is 284 g/mol. The number of aromatic nitrogens is 2. The summed E-state index contributed by atoms with van der Waals surface area (Å²) in [7, 11) is 0. The number of aromatic amines is 1. The van der Waals surface area contributed by atoms with Crippen LogP contribution in [-0.2, 0) is 17.8 Å². The number of aryl methyl sites for hydroxylation is 3. The minimum Gasteiger partial charge on any atom is -0.378 e. The Morgan fingerprint density at radius 1 is 1.29 bits per heavy atom. The van der Waals surface area contributed by atoms with E-state index in [-0.39, 0.29) is 5.91 Å².